The summed E-state index contributed by atoms with van der Waals surface area (Å²) in [6.45, 7) is 4.46. The predicted octanol–water partition coefficient (Wildman–Crippen LogP) is 14.9. The summed E-state index contributed by atoms with van der Waals surface area (Å²) in [6, 6.07) is 58.5. The molecule has 3 unspecified atom stereocenters. The molecule has 0 saturated heterocycles. The fraction of sp³-hybridized carbons (Fsp3) is 0.0952. The van der Waals surface area contributed by atoms with Crippen LogP contribution in [0.3, 0.4) is 0 Å². The predicted molar refractivity (Wildman–Crippen MR) is 290 cm³/mol. The lowest BCUT2D eigenvalue weighted by Crippen LogP contribution is -2.26. The van der Waals surface area contributed by atoms with Crippen molar-refractivity contribution < 1.29 is 0 Å². The van der Waals surface area contributed by atoms with E-state index in [0.717, 1.165) is 107 Å². The Morgan fingerprint density at radius 3 is 2.01 bits per heavy atom. The Hall–Kier alpha value is -9.01. The van der Waals surface area contributed by atoms with Gasteiger partial charge in [0.2, 0.25) is 5.95 Å². The van der Waals surface area contributed by atoms with Gasteiger partial charge in [0.1, 0.15) is 17.5 Å². The Balaban J connectivity index is 0.898. The summed E-state index contributed by atoms with van der Waals surface area (Å²) < 4.78 is 6.84. The second-order valence-electron chi connectivity index (χ2n) is 19.2. The topological polar surface area (TPSA) is 79.2 Å². The number of allylic oxidation sites excluding steroid dienone is 8. The molecule has 0 bridgehead atoms. The maximum atomic E-state index is 5.43. The van der Waals surface area contributed by atoms with Gasteiger partial charge in [0.15, 0.2) is 0 Å². The van der Waals surface area contributed by atoms with Crippen LogP contribution in [0.25, 0.3) is 105 Å². The minimum atomic E-state index is -0.361. The molecule has 338 valence electrons. The molecular weight excluding hydrogens is 869 g/mol. The summed E-state index contributed by atoms with van der Waals surface area (Å²) in [5.41, 5.74) is 12.3. The quantitative estimate of drug-likeness (QED) is 0.159. The van der Waals surface area contributed by atoms with Crippen molar-refractivity contribution in [2.75, 3.05) is 0 Å². The zero-order valence-electron chi connectivity index (χ0n) is 39.2. The van der Waals surface area contributed by atoms with Gasteiger partial charge < -0.3 is 4.57 Å². The maximum absolute atomic E-state index is 5.43. The Morgan fingerprint density at radius 2 is 1.18 bits per heavy atom. The van der Waals surface area contributed by atoms with Gasteiger partial charge >= 0.3 is 0 Å². The molecule has 3 atom stereocenters. The van der Waals surface area contributed by atoms with Gasteiger partial charge in [0, 0.05) is 55.7 Å². The summed E-state index contributed by atoms with van der Waals surface area (Å²) >= 11 is 0. The van der Waals surface area contributed by atoms with Gasteiger partial charge in [-0.1, -0.05) is 140 Å². The summed E-state index contributed by atoms with van der Waals surface area (Å²) in [6.07, 6.45) is 20.0. The lowest BCUT2D eigenvalue weighted by atomic mass is 9.82. The van der Waals surface area contributed by atoms with Gasteiger partial charge in [-0.15, -0.1) is 0 Å². The molecular formula is C63H46N8. The van der Waals surface area contributed by atoms with Crippen LogP contribution in [0.15, 0.2) is 219 Å². The molecule has 0 aliphatic heterocycles. The molecule has 71 heavy (non-hydrogen) atoms. The Labute approximate surface area is 410 Å². The van der Waals surface area contributed by atoms with Crippen LogP contribution in [0.5, 0.6) is 0 Å². The van der Waals surface area contributed by atoms with E-state index in [-0.39, 0.29) is 17.3 Å². The average molecular weight is 915 g/mol. The van der Waals surface area contributed by atoms with Crippen molar-refractivity contribution in [3.05, 3.63) is 230 Å². The van der Waals surface area contributed by atoms with Crippen molar-refractivity contribution in [1.29, 1.82) is 0 Å². The normalized spacial score (nSPS) is 17.8. The number of fused-ring (bicyclic) bond motifs is 9. The number of nitrogens with zero attached hydrogens (tertiary/aromatic N) is 8. The van der Waals surface area contributed by atoms with Crippen LogP contribution < -0.4 is 0 Å². The van der Waals surface area contributed by atoms with Crippen LogP contribution in [0.2, 0.25) is 0 Å². The van der Waals surface area contributed by atoms with E-state index in [0.29, 0.717) is 5.95 Å². The van der Waals surface area contributed by atoms with Gasteiger partial charge in [-0.25, -0.2) is 9.97 Å². The Morgan fingerprint density at radius 1 is 0.493 bits per heavy atom. The van der Waals surface area contributed by atoms with E-state index in [9.17, 15) is 0 Å². The zero-order chi connectivity index (χ0) is 47.2. The summed E-state index contributed by atoms with van der Waals surface area (Å²) in [4.78, 5) is 26.2. The van der Waals surface area contributed by atoms with E-state index in [1.807, 2.05) is 12.3 Å². The molecule has 6 heterocycles. The molecule has 6 aromatic heterocycles. The molecule has 0 N–H and O–H groups in total. The highest BCUT2D eigenvalue weighted by atomic mass is 15.2. The molecule has 0 amide bonds. The van der Waals surface area contributed by atoms with Gasteiger partial charge in [0.05, 0.1) is 44.3 Å². The van der Waals surface area contributed by atoms with Crippen LogP contribution in [-0.4, -0.2) is 38.6 Å². The van der Waals surface area contributed by atoms with E-state index < -0.39 is 0 Å². The summed E-state index contributed by atoms with van der Waals surface area (Å²) in [7, 11) is 0. The second kappa shape index (κ2) is 16.0. The molecule has 2 aliphatic carbocycles. The average Bonchev–Trinajstić information content (AvgIpc) is 4.07. The lowest BCUT2D eigenvalue weighted by molar-refractivity contribution is 0.526. The van der Waals surface area contributed by atoms with E-state index in [1.165, 1.54) is 10.8 Å². The first-order chi connectivity index (χ1) is 35.0. The standard InChI is InChI=1S/C63H46N8/c1-40-17-7-8-20-45(40)60-66-61(63(2)34-13-4-14-35-63)68-62(67-60)71-53-25-12-10-22-47(53)49-37-41(29-32-54(49)71)42-28-31-48-46-21-9-11-24-52(46)70(57(48)39-42)58-27-15-23-51(65-58)43-30-33-55-50(38-43)59-56(26-16-36-64-59)69(55)44-18-5-3-6-19-44/h3-34,36-40,45H,35H2,1-2H3. The van der Waals surface area contributed by atoms with Gasteiger partial charge in [-0.05, 0) is 109 Å². The number of benzene rings is 6. The first kappa shape index (κ1) is 41.0. The summed E-state index contributed by atoms with van der Waals surface area (Å²) in [5, 5.41) is 5.72. The third kappa shape index (κ3) is 6.55. The molecule has 0 saturated carbocycles. The number of para-hydroxylation sites is 3. The molecule has 0 spiro atoms. The summed E-state index contributed by atoms with van der Waals surface area (Å²) in [5.74, 6) is 3.36. The van der Waals surface area contributed by atoms with E-state index in [4.69, 9.17) is 24.9 Å². The van der Waals surface area contributed by atoms with Gasteiger partial charge in [-0.3, -0.25) is 14.1 Å². The molecule has 14 rings (SSSR count). The molecule has 0 fully saturated rings. The van der Waals surface area contributed by atoms with Crippen LogP contribution in [0.4, 0.5) is 0 Å². The van der Waals surface area contributed by atoms with E-state index in [1.54, 1.807) is 0 Å². The Kier molecular flexibility index (Phi) is 9.26. The molecule has 8 nitrogen and oxygen atoms in total. The monoisotopic (exact) mass is 914 g/mol. The van der Waals surface area contributed by atoms with E-state index >= 15 is 0 Å². The molecule has 6 aromatic carbocycles. The molecule has 2 aliphatic rings. The van der Waals surface area contributed by atoms with Crippen LogP contribution >= 0.6 is 0 Å². The third-order valence-electron chi connectivity index (χ3n) is 14.8. The number of aromatic nitrogens is 8. The highest BCUT2D eigenvalue weighted by Gasteiger charge is 2.31. The Bertz CT molecular complexity index is 4260. The largest absolute Gasteiger partial charge is 0.308 e. The fourth-order valence-electron chi connectivity index (χ4n) is 11.1. The lowest BCUT2D eigenvalue weighted by Gasteiger charge is -2.27. The van der Waals surface area contributed by atoms with Gasteiger partial charge in [0.25, 0.3) is 0 Å². The van der Waals surface area contributed by atoms with E-state index in [2.05, 4.69) is 234 Å². The van der Waals surface area contributed by atoms with Crippen molar-refractivity contribution >= 4 is 65.5 Å². The number of hydrogen-bond donors (Lipinski definition) is 0. The maximum Gasteiger partial charge on any atom is 0.238 e. The first-order valence-corrected chi connectivity index (χ1v) is 24.4. The van der Waals surface area contributed by atoms with Crippen LogP contribution in [-0.2, 0) is 5.41 Å². The van der Waals surface area contributed by atoms with Crippen molar-refractivity contribution in [2.24, 2.45) is 5.92 Å². The minimum absolute atomic E-state index is 0.0384. The van der Waals surface area contributed by atoms with Crippen molar-refractivity contribution in [1.82, 2.24) is 38.6 Å². The number of rotatable bonds is 7. The van der Waals surface area contributed by atoms with Crippen molar-refractivity contribution in [3.8, 4) is 39.8 Å². The van der Waals surface area contributed by atoms with Crippen molar-refractivity contribution in [2.45, 2.75) is 31.6 Å². The molecule has 12 aromatic rings. The van der Waals surface area contributed by atoms with Crippen LogP contribution in [0.1, 0.15) is 37.8 Å². The zero-order valence-corrected chi connectivity index (χ0v) is 39.2. The molecule has 0 radical (unpaired) electrons. The highest BCUT2D eigenvalue weighted by molar-refractivity contribution is 6.12. The van der Waals surface area contributed by atoms with Crippen LogP contribution in [0, 0.1) is 5.92 Å². The highest BCUT2D eigenvalue weighted by Crippen LogP contribution is 2.40. The SMILES string of the molecule is CC1C=CC=CC1c1nc(-n2c3ccccc3c3cc(-c4ccc5c6ccccc6n(-c6cccc(-c7ccc8c(c7)c7ncccc7n8-c7ccccc7)n6)c5c4)ccc32)nc(C2(C)C=CC=CC2)n1. The van der Waals surface area contributed by atoms with Crippen molar-refractivity contribution in [3.63, 3.8) is 0 Å². The third-order valence-corrected chi connectivity index (χ3v) is 14.8. The fourth-order valence-corrected chi connectivity index (χ4v) is 11.1. The second-order valence-corrected chi connectivity index (χ2v) is 19.2. The molecule has 8 heteroatoms. The number of pyridine rings is 2. The first-order valence-electron chi connectivity index (χ1n) is 24.4. The smallest absolute Gasteiger partial charge is 0.238 e. The van der Waals surface area contributed by atoms with Gasteiger partial charge in [-0.2, -0.15) is 9.97 Å². The number of hydrogen-bond acceptors (Lipinski definition) is 5. The minimum Gasteiger partial charge on any atom is -0.308 e.